The minimum absolute atomic E-state index is 0.707. The van der Waals surface area contributed by atoms with Gasteiger partial charge in [-0.05, 0) is 55.7 Å². The molecule has 0 aromatic heterocycles. The molecular weight excluding hydrogens is 256 g/mol. The molecular formula is C20H24O. The molecule has 0 spiro atoms. The predicted molar refractivity (Wildman–Crippen MR) is 88.8 cm³/mol. The fraction of sp³-hybridized carbons (Fsp3) is 0.400. The highest BCUT2D eigenvalue weighted by Gasteiger charge is 1.98. The number of benzene rings is 1. The van der Waals surface area contributed by atoms with Crippen LogP contribution in [0.15, 0.2) is 54.1 Å². The molecule has 0 saturated carbocycles. The van der Waals surface area contributed by atoms with E-state index < -0.39 is 0 Å². The van der Waals surface area contributed by atoms with Gasteiger partial charge in [-0.2, -0.15) is 0 Å². The highest BCUT2D eigenvalue weighted by Crippen LogP contribution is 2.15. The van der Waals surface area contributed by atoms with E-state index in [1.807, 2.05) is 24.3 Å². The number of ether oxygens (including phenoxy) is 1. The second-order valence-corrected chi connectivity index (χ2v) is 5.33. The summed E-state index contributed by atoms with van der Waals surface area (Å²) in [7, 11) is 0. The molecule has 0 fully saturated rings. The van der Waals surface area contributed by atoms with Crippen molar-refractivity contribution in [3.8, 4) is 11.8 Å². The first kappa shape index (κ1) is 15.6. The van der Waals surface area contributed by atoms with E-state index >= 15 is 0 Å². The number of unbranched alkanes of at least 4 members (excludes halogenated alkanes) is 1. The Kier molecular flexibility index (Phi) is 7.45. The molecule has 0 N–H and O–H groups in total. The lowest BCUT2D eigenvalue weighted by molar-refractivity contribution is 0.119. The summed E-state index contributed by atoms with van der Waals surface area (Å²) in [5, 5.41) is 0. The maximum absolute atomic E-state index is 5.64. The van der Waals surface area contributed by atoms with Crippen molar-refractivity contribution < 1.29 is 4.74 Å². The van der Waals surface area contributed by atoms with Gasteiger partial charge in [0, 0.05) is 6.61 Å². The Bertz CT molecular complexity index is 514. The molecule has 110 valence electrons. The first-order chi connectivity index (χ1) is 10.4. The van der Waals surface area contributed by atoms with Gasteiger partial charge in [0.1, 0.15) is 0 Å². The average Bonchev–Trinajstić information content (AvgIpc) is 2.55. The Hall–Kier alpha value is -1.78. The number of hydrogen-bond donors (Lipinski definition) is 0. The minimum Gasteiger partial charge on any atom is -0.377 e. The summed E-state index contributed by atoms with van der Waals surface area (Å²) in [4.78, 5) is 0. The van der Waals surface area contributed by atoms with Crippen molar-refractivity contribution >= 4 is 0 Å². The predicted octanol–water partition coefficient (Wildman–Crippen LogP) is 5.04. The van der Waals surface area contributed by atoms with Crippen molar-refractivity contribution in [2.24, 2.45) is 0 Å². The summed E-state index contributed by atoms with van der Waals surface area (Å²) in [6.07, 6.45) is 13.5. The number of rotatable bonds is 6. The molecule has 1 aliphatic rings. The second kappa shape index (κ2) is 10.0. The molecule has 0 amide bonds. The highest BCUT2D eigenvalue weighted by atomic mass is 16.5. The van der Waals surface area contributed by atoms with Gasteiger partial charge in [-0.3, -0.25) is 0 Å². The monoisotopic (exact) mass is 280 g/mol. The summed E-state index contributed by atoms with van der Waals surface area (Å²) in [6.45, 7) is 1.51. The van der Waals surface area contributed by atoms with Gasteiger partial charge in [0.25, 0.3) is 0 Å². The summed E-state index contributed by atoms with van der Waals surface area (Å²) in [5.41, 5.74) is 2.55. The van der Waals surface area contributed by atoms with E-state index in [9.17, 15) is 0 Å². The Morgan fingerprint density at radius 3 is 2.86 bits per heavy atom. The van der Waals surface area contributed by atoms with Crippen LogP contribution in [-0.4, -0.2) is 6.61 Å². The SMILES string of the molecule is C(#CC1=CCCCC1)/C=C/CCCOCc1ccccc1. The Morgan fingerprint density at radius 1 is 1.14 bits per heavy atom. The third-order valence-corrected chi connectivity index (χ3v) is 3.50. The lowest BCUT2D eigenvalue weighted by Gasteiger charge is -2.05. The molecule has 0 saturated heterocycles. The zero-order valence-electron chi connectivity index (χ0n) is 12.7. The van der Waals surface area contributed by atoms with Crippen LogP contribution in [0.5, 0.6) is 0 Å². The van der Waals surface area contributed by atoms with Gasteiger partial charge in [-0.25, -0.2) is 0 Å². The van der Waals surface area contributed by atoms with Gasteiger partial charge in [0.2, 0.25) is 0 Å². The van der Waals surface area contributed by atoms with Crippen LogP contribution in [0, 0.1) is 11.8 Å². The Morgan fingerprint density at radius 2 is 2.05 bits per heavy atom. The van der Waals surface area contributed by atoms with E-state index in [1.54, 1.807) is 0 Å². The zero-order chi connectivity index (χ0) is 14.6. The van der Waals surface area contributed by atoms with Crippen LogP contribution in [0.4, 0.5) is 0 Å². The normalized spacial score (nSPS) is 14.6. The Labute approximate surface area is 128 Å². The average molecular weight is 280 g/mol. The summed E-state index contributed by atoms with van der Waals surface area (Å²) in [5.74, 6) is 6.37. The van der Waals surface area contributed by atoms with E-state index in [1.165, 1.54) is 30.4 Å². The molecule has 0 unspecified atom stereocenters. The van der Waals surface area contributed by atoms with Gasteiger partial charge in [0.15, 0.2) is 0 Å². The van der Waals surface area contributed by atoms with Gasteiger partial charge >= 0.3 is 0 Å². The fourth-order valence-corrected chi connectivity index (χ4v) is 2.30. The molecule has 2 rings (SSSR count). The standard InChI is InChI=1S/C20H24O/c1(2-6-12-19-13-7-4-8-14-19)3-11-17-21-18-20-15-9-5-10-16-20/h1-2,5,9-10,13,15-16H,3-4,7-8,11,14,17-18H2/b2-1+. The molecule has 1 aromatic carbocycles. The molecule has 0 atom stereocenters. The lowest BCUT2D eigenvalue weighted by Crippen LogP contribution is -1.94. The lowest BCUT2D eigenvalue weighted by atomic mass is 10.0. The van der Waals surface area contributed by atoms with Crippen LogP contribution < -0.4 is 0 Å². The van der Waals surface area contributed by atoms with E-state index in [-0.39, 0.29) is 0 Å². The van der Waals surface area contributed by atoms with Gasteiger partial charge < -0.3 is 4.74 Å². The van der Waals surface area contributed by atoms with E-state index in [0.29, 0.717) is 6.61 Å². The summed E-state index contributed by atoms with van der Waals surface area (Å²) < 4.78 is 5.64. The van der Waals surface area contributed by atoms with Gasteiger partial charge in [-0.1, -0.05) is 54.3 Å². The molecule has 1 nitrogen and oxygen atoms in total. The van der Waals surface area contributed by atoms with Crippen molar-refractivity contribution in [3.05, 3.63) is 59.7 Å². The zero-order valence-corrected chi connectivity index (χ0v) is 12.7. The van der Waals surface area contributed by atoms with Crippen LogP contribution >= 0.6 is 0 Å². The van der Waals surface area contributed by atoms with Gasteiger partial charge in [-0.15, -0.1) is 0 Å². The number of hydrogen-bond acceptors (Lipinski definition) is 1. The molecule has 1 aliphatic carbocycles. The topological polar surface area (TPSA) is 9.23 Å². The fourth-order valence-electron chi connectivity index (χ4n) is 2.30. The maximum atomic E-state index is 5.64. The van der Waals surface area contributed by atoms with Crippen LogP contribution in [-0.2, 0) is 11.3 Å². The number of allylic oxidation sites excluding steroid dienone is 4. The van der Waals surface area contributed by atoms with Crippen molar-refractivity contribution in [3.63, 3.8) is 0 Å². The largest absolute Gasteiger partial charge is 0.377 e. The minimum atomic E-state index is 0.707. The van der Waals surface area contributed by atoms with Crippen LogP contribution in [0.2, 0.25) is 0 Å². The van der Waals surface area contributed by atoms with Crippen molar-refractivity contribution in [1.82, 2.24) is 0 Å². The summed E-state index contributed by atoms with van der Waals surface area (Å²) >= 11 is 0. The molecule has 0 radical (unpaired) electrons. The molecule has 0 aliphatic heterocycles. The summed E-state index contributed by atoms with van der Waals surface area (Å²) in [6, 6.07) is 10.3. The quantitative estimate of drug-likeness (QED) is 0.524. The van der Waals surface area contributed by atoms with Crippen LogP contribution in [0.1, 0.15) is 44.1 Å². The molecule has 0 heterocycles. The van der Waals surface area contributed by atoms with E-state index in [2.05, 4.69) is 36.1 Å². The molecule has 21 heavy (non-hydrogen) atoms. The Balaban J connectivity index is 1.52. The molecule has 0 bridgehead atoms. The van der Waals surface area contributed by atoms with E-state index in [0.717, 1.165) is 25.9 Å². The van der Waals surface area contributed by atoms with Gasteiger partial charge in [0.05, 0.1) is 6.61 Å². The van der Waals surface area contributed by atoms with Crippen LogP contribution in [0.3, 0.4) is 0 Å². The van der Waals surface area contributed by atoms with Crippen LogP contribution in [0.25, 0.3) is 0 Å². The van der Waals surface area contributed by atoms with E-state index in [4.69, 9.17) is 4.74 Å². The first-order valence-electron chi connectivity index (χ1n) is 7.92. The third-order valence-electron chi connectivity index (χ3n) is 3.50. The van der Waals surface area contributed by atoms with Crippen molar-refractivity contribution in [2.75, 3.05) is 6.61 Å². The third kappa shape index (κ3) is 6.97. The highest BCUT2D eigenvalue weighted by molar-refractivity contribution is 5.33. The molecule has 1 heteroatoms. The maximum Gasteiger partial charge on any atom is 0.0716 e. The van der Waals surface area contributed by atoms with Crippen molar-refractivity contribution in [1.29, 1.82) is 0 Å². The second-order valence-electron chi connectivity index (χ2n) is 5.33. The van der Waals surface area contributed by atoms with Crippen molar-refractivity contribution in [2.45, 2.75) is 45.1 Å². The molecule has 1 aromatic rings. The smallest absolute Gasteiger partial charge is 0.0716 e. The first-order valence-corrected chi connectivity index (χ1v) is 7.92.